The summed E-state index contributed by atoms with van der Waals surface area (Å²) in [7, 11) is 0. The number of pyridine rings is 1. The molecule has 1 spiro atoms. The predicted molar refractivity (Wildman–Crippen MR) is 104 cm³/mol. The van der Waals surface area contributed by atoms with Gasteiger partial charge in [-0.1, -0.05) is 0 Å². The molecule has 0 radical (unpaired) electrons. The van der Waals surface area contributed by atoms with Crippen LogP contribution in [0.1, 0.15) is 44.9 Å². The molecule has 1 saturated heterocycles. The second-order valence-corrected chi connectivity index (χ2v) is 6.87. The van der Waals surface area contributed by atoms with E-state index < -0.39 is 0 Å². The number of nitrogens with one attached hydrogen (secondary N) is 2. The van der Waals surface area contributed by atoms with Gasteiger partial charge < -0.3 is 15.4 Å². The van der Waals surface area contributed by atoms with Crippen molar-refractivity contribution in [3.63, 3.8) is 0 Å². The summed E-state index contributed by atoms with van der Waals surface area (Å²) >= 11 is 0. The Morgan fingerprint density at radius 2 is 1.92 bits per heavy atom. The van der Waals surface area contributed by atoms with Crippen molar-refractivity contribution in [2.75, 3.05) is 26.2 Å². The summed E-state index contributed by atoms with van der Waals surface area (Å²) in [5, 5.41) is 7.21. The van der Waals surface area contributed by atoms with Gasteiger partial charge in [0.15, 0.2) is 0 Å². The van der Waals surface area contributed by atoms with E-state index in [-0.39, 0.29) is 24.8 Å². The highest BCUT2D eigenvalue weighted by Crippen LogP contribution is 2.43. The Labute approximate surface area is 158 Å². The topological polar surface area (TPSA) is 46.2 Å². The molecule has 1 saturated carbocycles. The third-order valence-corrected chi connectivity index (χ3v) is 5.37. The molecule has 1 aliphatic carbocycles. The highest BCUT2D eigenvalue weighted by molar-refractivity contribution is 5.85. The molecule has 138 valence electrons. The third-order valence-electron chi connectivity index (χ3n) is 5.37. The normalized spacial score (nSPS) is 20.0. The van der Waals surface area contributed by atoms with Gasteiger partial charge in [0, 0.05) is 12.2 Å². The molecular weight excluding hydrogens is 345 g/mol. The lowest BCUT2D eigenvalue weighted by Crippen LogP contribution is -2.43. The van der Waals surface area contributed by atoms with E-state index in [9.17, 15) is 0 Å². The molecule has 2 aliphatic rings. The minimum Gasteiger partial charge on any atom is -0.492 e. The zero-order valence-electron chi connectivity index (χ0n) is 14.3. The number of piperidine rings is 1. The molecule has 1 aliphatic heterocycles. The van der Waals surface area contributed by atoms with Crippen LogP contribution in [0.3, 0.4) is 0 Å². The summed E-state index contributed by atoms with van der Waals surface area (Å²) in [4.78, 5) is 4.05. The van der Waals surface area contributed by atoms with Crippen LogP contribution in [0.25, 0.3) is 0 Å². The van der Waals surface area contributed by atoms with Crippen LogP contribution in [-0.4, -0.2) is 37.3 Å². The third kappa shape index (κ3) is 6.40. The maximum Gasteiger partial charge on any atom is 0.137 e. The van der Waals surface area contributed by atoms with Crippen molar-refractivity contribution in [1.29, 1.82) is 0 Å². The van der Waals surface area contributed by atoms with Crippen LogP contribution in [0.4, 0.5) is 0 Å². The highest BCUT2D eigenvalue weighted by Gasteiger charge is 2.35. The molecule has 6 heteroatoms. The fourth-order valence-corrected chi connectivity index (χ4v) is 3.89. The van der Waals surface area contributed by atoms with Crippen molar-refractivity contribution >= 4 is 24.8 Å². The van der Waals surface area contributed by atoms with E-state index in [2.05, 4.69) is 15.6 Å². The Morgan fingerprint density at radius 3 is 2.58 bits per heavy atom. The quantitative estimate of drug-likeness (QED) is 0.745. The van der Waals surface area contributed by atoms with Gasteiger partial charge in [-0.2, -0.15) is 0 Å². The molecule has 24 heavy (non-hydrogen) atoms. The van der Waals surface area contributed by atoms with Gasteiger partial charge >= 0.3 is 0 Å². The first kappa shape index (κ1) is 21.5. The van der Waals surface area contributed by atoms with Crippen LogP contribution < -0.4 is 15.4 Å². The maximum absolute atomic E-state index is 5.68. The molecule has 0 unspecified atom stereocenters. The Hall–Kier alpha value is -0.550. The molecular formula is C18H31Cl2N3O. The molecule has 2 fully saturated rings. The van der Waals surface area contributed by atoms with Gasteiger partial charge in [-0.3, -0.25) is 4.98 Å². The zero-order chi connectivity index (χ0) is 15.1. The van der Waals surface area contributed by atoms with E-state index in [1.165, 1.54) is 51.6 Å². The van der Waals surface area contributed by atoms with Crippen LogP contribution in [-0.2, 0) is 0 Å². The summed E-state index contributed by atoms with van der Waals surface area (Å²) in [5.74, 6) is 0.869. The molecule has 1 aromatic rings. The Bertz CT molecular complexity index is 431. The lowest BCUT2D eigenvalue weighted by atomic mass is 9.67. The minimum absolute atomic E-state index is 0. The molecule has 0 aromatic carbocycles. The van der Waals surface area contributed by atoms with E-state index in [0.717, 1.165) is 31.4 Å². The molecule has 3 rings (SSSR count). The van der Waals surface area contributed by atoms with Gasteiger partial charge in [0.2, 0.25) is 0 Å². The first-order chi connectivity index (χ1) is 10.9. The van der Waals surface area contributed by atoms with Crippen LogP contribution in [0.2, 0.25) is 0 Å². The zero-order valence-corrected chi connectivity index (χ0v) is 16.0. The molecule has 4 nitrogen and oxygen atoms in total. The number of halogens is 2. The summed E-state index contributed by atoms with van der Waals surface area (Å²) in [6.07, 6.45) is 12.9. The van der Waals surface area contributed by atoms with Gasteiger partial charge in [0.1, 0.15) is 5.75 Å². The Morgan fingerprint density at radius 1 is 1.17 bits per heavy atom. The van der Waals surface area contributed by atoms with Gasteiger partial charge in [0.25, 0.3) is 0 Å². The van der Waals surface area contributed by atoms with E-state index in [1.807, 2.05) is 12.1 Å². The number of nitrogens with zero attached hydrogens (tertiary/aromatic N) is 1. The summed E-state index contributed by atoms with van der Waals surface area (Å²) < 4.78 is 5.68. The average molecular weight is 376 g/mol. The van der Waals surface area contributed by atoms with E-state index in [4.69, 9.17) is 4.74 Å². The predicted octanol–water partition coefficient (Wildman–Crippen LogP) is 3.60. The number of hydrogen-bond acceptors (Lipinski definition) is 4. The van der Waals surface area contributed by atoms with E-state index in [1.54, 1.807) is 12.4 Å². The molecule has 2 N–H and O–H groups in total. The second kappa shape index (κ2) is 11.1. The Kier molecular flexibility index (Phi) is 9.98. The van der Waals surface area contributed by atoms with Crippen molar-refractivity contribution in [3.8, 4) is 5.75 Å². The molecule has 0 amide bonds. The SMILES string of the molecule is Cl.Cl.c1cncc(OCCCNC2CCC3(CCNCC3)CC2)c1. The lowest BCUT2D eigenvalue weighted by Gasteiger charge is -2.43. The molecule has 2 heterocycles. The van der Waals surface area contributed by atoms with Crippen LogP contribution in [0, 0.1) is 5.41 Å². The van der Waals surface area contributed by atoms with Crippen molar-refractivity contribution in [2.45, 2.75) is 51.0 Å². The van der Waals surface area contributed by atoms with Gasteiger partial charge in [-0.05, 0) is 82.1 Å². The standard InChI is InChI=1S/C18H29N3O.2ClH/c1-3-17(15-20-10-1)22-14-2-11-21-16-4-6-18(7-5-16)8-12-19-13-9-18;;/h1,3,10,15-16,19,21H,2,4-9,11-14H2;2*1H. The molecule has 0 bridgehead atoms. The van der Waals surface area contributed by atoms with Crippen molar-refractivity contribution < 1.29 is 4.74 Å². The van der Waals surface area contributed by atoms with Crippen molar-refractivity contribution in [2.24, 2.45) is 5.41 Å². The van der Waals surface area contributed by atoms with Crippen LogP contribution in [0.5, 0.6) is 5.75 Å². The number of hydrogen-bond donors (Lipinski definition) is 2. The first-order valence-electron chi connectivity index (χ1n) is 8.83. The van der Waals surface area contributed by atoms with Crippen molar-refractivity contribution in [3.05, 3.63) is 24.5 Å². The van der Waals surface area contributed by atoms with Gasteiger partial charge in [-0.25, -0.2) is 0 Å². The van der Waals surface area contributed by atoms with Gasteiger partial charge in [-0.15, -0.1) is 24.8 Å². The smallest absolute Gasteiger partial charge is 0.137 e. The average Bonchev–Trinajstić information content (AvgIpc) is 2.58. The monoisotopic (exact) mass is 375 g/mol. The first-order valence-corrected chi connectivity index (χ1v) is 8.83. The minimum atomic E-state index is 0. The summed E-state index contributed by atoms with van der Waals surface area (Å²) in [6.45, 7) is 4.27. The summed E-state index contributed by atoms with van der Waals surface area (Å²) in [6, 6.07) is 4.59. The molecule has 1 aromatic heterocycles. The molecule has 0 atom stereocenters. The maximum atomic E-state index is 5.68. The number of aromatic nitrogens is 1. The number of ether oxygens (including phenoxy) is 1. The van der Waals surface area contributed by atoms with Crippen LogP contribution in [0.15, 0.2) is 24.5 Å². The lowest BCUT2D eigenvalue weighted by molar-refractivity contribution is 0.115. The highest BCUT2D eigenvalue weighted by atomic mass is 35.5. The Balaban J connectivity index is 0.00000144. The van der Waals surface area contributed by atoms with Crippen LogP contribution >= 0.6 is 24.8 Å². The van der Waals surface area contributed by atoms with E-state index >= 15 is 0 Å². The fraction of sp³-hybridized carbons (Fsp3) is 0.722. The largest absolute Gasteiger partial charge is 0.492 e. The fourth-order valence-electron chi connectivity index (χ4n) is 3.89. The van der Waals surface area contributed by atoms with Gasteiger partial charge in [0.05, 0.1) is 12.8 Å². The van der Waals surface area contributed by atoms with Crippen molar-refractivity contribution in [1.82, 2.24) is 15.6 Å². The van der Waals surface area contributed by atoms with E-state index in [0.29, 0.717) is 5.41 Å². The number of rotatable bonds is 6. The summed E-state index contributed by atoms with van der Waals surface area (Å²) in [5.41, 5.74) is 0.673. The second-order valence-electron chi connectivity index (χ2n) is 6.87.